The quantitative estimate of drug-likeness (QED) is 0.356. The Labute approximate surface area is 248 Å². The lowest BCUT2D eigenvalue weighted by molar-refractivity contribution is -0.137. The van der Waals surface area contributed by atoms with Crippen LogP contribution in [0.5, 0.6) is 11.5 Å². The molecular formula is C28H31BF3N3O7S. The molecule has 3 aromatic rings. The maximum Gasteiger partial charge on any atom is 0.498 e. The Balaban J connectivity index is 1.62. The van der Waals surface area contributed by atoms with Gasteiger partial charge in [0.05, 0.1) is 28.8 Å². The molecule has 1 amide bonds. The number of sulfonamides is 1. The topological polar surface area (TPSA) is 116 Å². The lowest BCUT2D eigenvalue weighted by Crippen LogP contribution is -2.41. The number of nitrogens with zero attached hydrogens (tertiary/aromatic N) is 2. The summed E-state index contributed by atoms with van der Waals surface area (Å²) in [5, 5.41) is 2.26. The molecule has 0 unspecified atom stereocenters. The molecule has 1 aliphatic rings. The molecule has 0 atom stereocenters. The molecule has 4 rings (SSSR count). The van der Waals surface area contributed by atoms with E-state index in [4.69, 9.17) is 18.8 Å². The Kier molecular flexibility index (Phi) is 8.85. The number of benzene rings is 2. The summed E-state index contributed by atoms with van der Waals surface area (Å²) in [6, 6.07) is 12.6. The van der Waals surface area contributed by atoms with Crippen LogP contribution >= 0.6 is 0 Å². The van der Waals surface area contributed by atoms with E-state index < -0.39 is 46.2 Å². The minimum Gasteiger partial charge on any atom is -0.497 e. The first-order valence-electron chi connectivity index (χ1n) is 13.0. The molecule has 0 radical (unpaired) electrons. The highest BCUT2D eigenvalue weighted by Crippen LogP contribution is 2.37. The highest BCUT2D eigenvalue weighted by Gasteiger charge is 2.53. The molecule has 2 heterocycles. The van der Waals surface area contributed by atoms with E-state index in [2.05, 4.69) is 10.3 Å². The van der Waals surface area contributed by atoms with Gasteiger partial charge in [-0.15, -0.1) is 0 Å². The first kappa shape index (κ1) is 32.3. The van der Waals surface area contributed by atoms with Gasteiger partial charge in [-0.25, -0.2) is 18.2 Å². The number of hydrogen-bond donors (Lipinski definition) is 1. The van der Waals surface area contributed by atoms with Crippen LogP contribution in [0.25, 0.3) is 0 Å². The number of ether oxygens (including phenoxy) is 2. The van der Waals surface area contributed by atoms with Gasteiger partial charge in [0.15, 0.2) is 0 Å². The van der Waals surface area contributed by atoms with E-state index in [0.717, 1.165) is 17.7 Å². The zero-order valence-electron chi connectivity index (χ0n) is 24.4. The van der Waals surface area contributed by atoms with Gasteiger partial charge >= 0.3 is 19.4 Å². The Bertz CT molecular complexity index is 1570. The normalized spacial score (nSPS) is 16.3. The van der Waals surface area contributed by atoms with Crippen molar-refractivity contribution in [1.29, 1.82) is 0 Å². The molecule has 10 nitrogen and oxygen atoms in total. The molecular weight excluding hydrogens is 590 g/mol. The molecule has 1 aromatic heterocycles. The number of halogens is 3. The standard InChI is InChI=1S/C28H31BF3N3O7S/c1-26(2)27(3,4)42-29(41-26)22-15-21(43(37,38)35(5)17-18-7-10-20(39-6)11-8-18)12-13-23(22)40-25(36)34-24-14-9-19(16-33-24)28(30,31)32/h7-16H,17H2,1-6H3,(H,33,34,36). The van der Waals surface area contributed by atoms with Crippen LogP contribution in [0.1, 0.15) is 38.8 Å². The van der Waals surface area contributed by atoms with Crippen molar-refractivity contribution in [3.05, 3.63) is 71.9 Å². The largest absolute Gasteiger partial charge is 0.498 e. The highest BCUT2D eigenvalue weighted by molar-refractivity contribution is 7.89. The molecule has 0 spiro atoms. The second-order valence-corrected chi connectivity index (χ2v) is 12.9. The van der Waals surface area contributed by atoms with Crippen LogP contribution in [0, 0.1) is 0 Å². The second kappa shape index (κ2) is 11.8. The van der Waals surface area contributed by atoms with Crippen LogP contribution in [-0.4, -0.2) is 56.3 Å². The van der Waals surface area contributed by atoms with E-state index in [9.17, 15) is 26.4 Å². The second-order valence-electron chi connectivity index (χ2n) is 10.8. The fourth-order valence-corrected chi connectivity index (χ4v) is 5.25. The summed E-state index contributed by atoms with van der Waals surface area (Å²) in [5.41, 5.74) is -1.74. The summed E-state index contributed by atoms with van der Waals surface area (Å²) < 4.78 is 89.7. The van der Waals surface area contributed by atoms with E-state index in [1.54, 1.807) is 52.0 Å². The fraction of sp³-hybridized carbons (Fsp3) is 0.357. The molecule has 0 bridgehead atoms. The fourth-order valence-electron chi connectivity index (χ4n) is 4.05. The third-order valence-corrected chi connectivity index (χ3v) is 9.08. The number of amides is 1. The Morgan fingerprint density at radius 1 is 1.02 bits per heavy atom. The number of alkyl halides is 3. The van der Waals surface area contributed by atoms with Crippen LogP contribution in [0.15, 0.2) is 65.7 Å². The van der Waals surface area contributed by atoms with E-state index in [0.29, 0.717) is 11.9 Å². The first-order valence-corrected chi connectivity index (χ1v) is 14.5. The lowest BCUT2D eigenvalue weighted by Gasteiger charge is -2.32. The van der Waals surface area contributed by atoms with Gasteiger partial charge < -0.3 is 18.8 Å². The molecule has 230 valence electrons. The minimum atomic E-state index is -4.59. The van der Waals surface area contributed by atoms with Crippen molar-refractivity contribution in [2.45, 2.75) is 56.5 Å². The molecule has 15 heteroatoms. The third kappa shape index (κ3) is 7.12. The lowest BCUT2D eigenvalue weighted by atomic mass is 9.78. The summed E-state index contributed by atoms with van der Waals surface area (Å²) in [6.45, 7) is 7.29. The van der Waals surface area contributed by atoms with E-state index in [-0.39, 0.29) is 28.5 Å². The van der Waals surface area contributed by atoms with Crippen LogP contribution in [0.3, 0.4) is 0 Å². The predicted octanol–water partition coefficient (Wildman–Crippen LogP) is 4.84. The maximum absolute atomic E-state index is 13.6. The third-order valence-electron chi connectivity index (χ3n) is 7.28. The molecule has 0 aliphatic carbocycles. The SMILES string of the molecule is COc1ccc(CN(C)S(=O)(=O)c2ccc(OC(=O)Nc3ccc(C(F)(F)F)cn3)c(B3OC(C)(C)C(C)(C)O3)c2)cc1. The van der Waals surface area contributed by atoms with Gasteiger partial charge in [0.1, 0.15) is 17.3 Å². The number of carbonyl (C=O) groups is 1. The van der Waals surface area contributed by atoms with Crippen LogP contribution in [-0.2, 0) is 32.1 Å². The van der Waals surface area contributed by atoms with Crippen LogP contribution in [0.2, 0.25) is 0 Å². The van der Waals surface area contributed by atoms with Crippen molar-refractivity contribution in [2.75, 3.05) is 19.5 Å². The molecule has 43 heavy (non-hydrogen) atoms. The highest BCUT2D eigenvalue weighted by atomic mass is 32.2. The van der Waals surface area contributed by atoms with Crippen LogP contribution < -0.4 is 20.3 Å². The van der Waals surface area contributed by atoms with Crippen molar-refractivity contribution in [2.24, 2.45) is 0 Å². The van der Waals surface area contributed by atoms with Gasteiger partial charge in [-0.05, 0) is 75.7 Å². The zero-order chi connectivity index (χ0) is 31.8. The Morgan fingerprint density at radius 3 is 2.19 bits per heavy atom. The van der Waals surface area contributed by atoms with Crippen molar-refractivity contribution >= 4 is 34.5 Å². The van der Waals surface area contributed by atoms with Crippen molar-refractivity contribution in [1.82, 2.24) is 9.29 Å². The molecule has 1 saturated heterocycles. The molecule has 1 fully saturated rings. The van der Waals surface area contributed by atoms with Gasteiger partial charge in [0.25, 0.3) is 0 Å². The van der Waals surface area contributed by atoms with Crippen molar-refractivity contribution in [3.63, 3.8) is 0 Å². The average Bonchev–Trinajstić information content (AvgIpc) is 3.15. The maximum atomic E-state index is 13.6. The molecule has 0 saturated carbocycles. The van der Waals surface area contributed by atoms with Gasteiger partial charge in [0, 0.05) is 25.3 Å². The number of aromatic nitrogens is 1. The monoisotopic (exact) mass is 621 g/mol. The molecule has 1 N–H and O–H groups in total. The smallest absolute Gasteiger partial charge is 0.497 e. The minimum absolute atomic E-state index is 0.0684. The number of rotatable bonds is 8. The summed E-state index contributed by atoms with van der Waals surface area (Å²) in [4.78, 5) is 16.2. The number of carbonyl (C=O) groups excluding carboxylic acids is 1. The van der Waals surface area contributed by atoms with Gasteiger partial charge in [-0.3, -0.25) is 5.32 Å². The summed E-state index contributed by atoms with van der Waals surface area (Å²) in [6.07, 6.45) is -5.08. The summed E-state index contributed by atoms with van der Waals surface area (Å²) >= 11 is 0. The van der Waals surface area contributed by atoms with Gasteiger partial charge in [0.2, 0.25) is 10.0 Å². The van der Waals surface area contributed by atoms with Crippen LogP contribution in [0.4, 0.5) is 23.8 Å². The number of methoxy groups -OCH3 is 1. The molecule has 1 aliphatic heterocycles. The average molecular weight is 621 g/mol. The Morgan fingerprint density at radius 2 is 1.65 bits per heavy atom. The number of nitrogens with one attached hydrogen (secondary N) is 1. The predicted molar refractivity (Wildman–Crippen MR) is 153 cm³/mol. The van der Waals surface area contributed by atoms with Gasteiger partial charge in [-0.1, -0.05) is 12.1 Å². The Hall–Kier alpha value is -3.66. The van der Waals surface area contributed by atoms with Gasteiger partial charge in [-0.2, -0.15) is 17.5 Å². The zero-order valence-corrected chi connectivity index (χ0v) is 25.2. The van der Waals surface area contributed by atoms with Crippen molar-refractivity contribution in [3.8, 4) is 11.5 Å². The van der Waals surface area contributed by atoms with E-state index in [1.807, 2.05) is 0 Å². The number of anilines is 1. The number of hydrogen-bond acceptors (Lipinski definition) is 8. The van der Waals surface area contributed by atoms with E-state index in [1.165, 1.54) is 36.7 Å². The summed E-state index contributed by atoms with van der Waals surface area (Å²) in [7, 11) is -2.18. The molecule has 2 aromatic carbocycles. The summed E-state index contributed by atoms with van der Waals surface area (Å²) in [5.74, 6) is 0.365. The first-order chi connectivity index (χ1) is 19.9. The van der Waals surface area contributed by atoms with E-state index >= 15 is 0 Å². The van der Waals surface area contributed by atoms with Crippen molar-refractivity contribution < 1.29 is 45.2 Å². The number of pyridine rings is 1.